The molecular formula is C31H24Cl2NOPPd. The largest absolute Gasteiger partial charge is 2.00 e. The van der Waals surface area contributed by atoms with E-state index in [4.69, 9.17) is 4.74 Å². The van der Waals surface area contributed by atoms with E-state index < -0.39 is 7.92 Å². The fourth-order valence-electron chi connectivity index (χ4n) is 4.82. The standard InChI is InChI=1S/C31H24NOP.2ClH.Pd/c1-33-30-22-12-21-29(32-27-19-10-8-17-25(27)26-18-9-11-20-28(26)32)31(30)34(23-13-4-2-5-14-23)24-15-6-3-7-16-24;;;/h2-22H,1H3;2*1H;/q;;;+2/p-2. The van der Waals surface area contributed by atoms with Crippen molar-refractivity contribution < 1.29 is 50.0 Å². The van der Waals surface area contributed by atoms with Crippen molar-refractivity contribution in [2.75, 3.05) is 7.11 Å². The van der Waals surface area contributed by atoms with Gasteiger partial charge in [-0.3, -0.25) is 0 Å². The van der Waals surface area contributed by atoms with Gasteiger partial charge in [0, 0.05) is 10.8 Å². The Kier molecular flexibility index (Phi) is 9.97. The van der Waals surface area contributed by atoms with Gasteiger partial charge in [-0.05, 0) is 42.8 Å². The van der Waals surface area contributed by atoms with E-state index >= 15 is 0 Å². The predicted octanol–water partition coefficient (Wildman–Crippen LogP) is 0.556. The SMILES string of the molecule is COc1cccc(-n2c3ccccc3c3ccccc32)c1P(c1ccccc1)c1ccccc1.[Cl-].[Cl-].[Pd+2]. The molecular weight excluding hydrogens is 611 g/mol. The number of halogens is 2. The molecule has 0 atom stereocenters. The third kappa shape index (κ3) is 5.21. The van der Waals surface area contributed by atoms with Crippen LogP contribution >= 0.6 is 7.92 Å². The van der Waals surface area contributed by atoms with Crippen LogP contribution in [0.3, 0.4) is 0 Å². The van der Waals surface area contributed by atoms with Gasteiger partial charge >= 0.3 is 20.4 Å². The summed E-state index contributed by atoms with van der Waals surface area (Å²) in [4.78, 5) is 0. The van der Waals surface area contributed by atoms with Crippen LogP contribution in [-0.4, -0.2) is 11.7 Å². The van der Waals surface area contributed by atoms with Crippen molar-refractivity contribution in [2.45, 2.75) is 0 Å². The smallest absolute Gasteiger partial charge is 1.00 e. The van der Waals surface area contributed by atoms with Gasteiger partial charge in [0.2, 0.25) is 0 Å². The van der Waals surface area contributed by atoms with E-state index in [2.05, 4.69) is 132 Å². The summed E-state index contributed by atoms with van der Waals surface area (Å²) in [6.45, 7) is 0. The number of aromatic nitrogens is 1. The molecule has 0 spiro atoms. The van der Waals surface area contributed by atoms with Crippen molar-refractivity contribution in [3.8, 4) is 11.4 Å². The average Bonchev–Trinajstić information content (AvgIpc) is 3.25. The van der Waals surface area contributed by atoms with Crippen LogP contribution in [-0.2, 0) is 20.4 Å². The number of benzene rings is 5. The van der Waals surface area contributed by atoms with Gasteiger partial charge in [0.15, 0.2) is 0 Å². The van der Waals surface area contributed by atoms with Crippen LogP contribution in [0.5, 0.6) is 5.75 Å². The molecule has 0 saturated heterocycles. The fraction of sp³-hybridized carbons (Fsp3) is 0.0323. The van der Waals surface area contributed by atoms with Crippen molar-refractivity contribution in [3.05, 3.63) is 127 Å². The van der Waals surface area contributed by atoms with Gasteiger partial charge in [0.05, 0.1) is 29.1 Å². The molecule has 6 aromatic rings. The first kappa shape index (κ1) is 28.9. The van der Waals surface area contributed by atoms with Crippen molar-refractivity contribution in [1.29, 1.82) is 0 Å². The van der Waals surface area contributed by atoms with Crippen LogP contribution in [0.1, 0.15) is 0 Å². The van der Waals surface area contributed by atoms with Gasteiger partial charge in [0.1, 0.15) is 5.75 Å². The molecule has 0 aliphatic heterocycles. The number of rotatable bonds is 5. The molecule has 5 aromatic carbocycles. The summed E-state index contributed by atoms with van der Waals surface area (Å²) in [7, 11) is 0.921. The number of hydrogen-bond acceptors (Lipinski definition) is 1. The zero-order chi connectivity index (χ0) is 22.9. The topological polar surface area (TPSA) is 14.2 Å². The Balaban J connectivity index is 0.00000127. The molecule has 0 fully saturated rings. The van der Waals surface area contributed by atoms with Crippen LogP contribution in [0.25, 0.3) is 27.5 Å². The van der Waals surface area contributed by atoms with E-state index in [1.807, 2.05) is 0 Å². The Labute approximate surface area is 244 Å². The zero-order valence-corrected chi connectivity index (χ0v) is 24.0. The van der Waals surface area contributed by atoms with E-state index in [1.165, 1.54) is 37.7 Å². The molecule has 1 heterocycles. The first-order chi connectivity index (χ1) is 16.9. The minimum Gasteiger partial charge on any atom is -1.00 e. The Morgan fingerprint density at radius 3 is 1.49 bits per heavy atom. The summed E-state index contributed by atoms with van der Waals surface area (Å²) in [6, 6.07) is 45.4. The average molecular weight is 635 g/mol. The maximum absolute atomic E-state index is 6.04. The van der Waals surface area contributed by atoms with Crippen molar-refractivity contribution in [2.24, 2.45) is 0 Å². The second-order valence-electron chi connectivity index (χ2n) is 8.20. The Hall–Kier alpha value is -2.63. The van der Waals surface area contributed by atoms with E-state index in [0.717, 1.165) is 11.4 Å². The summed E-state index contributed by atoms with van der Waals surface area (Å²) < 4.78 is 8.44. The van der Waals surface area contributed by atoms with E-state index in [1.54, 1.807) is 7.11 Å². The Morgan fingerprint density at radius 2 is 1.00 bits per heavy atom. The number of methoxy groups -OCH3 is 1. The summed E-state index contributed by atoms with van der Waals surface area (Å²) >= 11 is 0. The van der Waals surface area contributed by atoms with Crippen LogP contribution < -0.4 is 45.5 Å². The summed E-state index contributed by atoms with van der Waals surface area (Å²) in [6.07, 6.45) is 0. The number of hydrogen-bond donors (Lipinski definition) is 0. The van der Waals surface area contributed by atoms with Gasteiger partial charge in [-0.15, -0.1) is 0 Å². The second-order valence-corrected chi connectivity index (χ2v) is 10.4. The minimum absolute atomic E-state index is 0. The third-order valence-electron chi connectivity index (χ3n) is 6.27. The molecule has 1 aromatic heterocycles. The Bertz CT molecular complexity index is 1510. The molecule has 0 aliphatic carbocycles. The van der Waals surface area contributed by atoms with Crippen molar-refractivity contribution >= 4 is 45.6 Å². The number of fused-ring (bicyclic) bond motifs is 3. The number of para-hydroxylation sites is 2. The molecule has 0 aliphatic rings. The minimum atomic E-state index is -0.855. The zero-order valence-electron chi connectivity index (χ0n) is 20.0. The van der Waals surface area contributed by atoms with E-state index in [9.17, 15) is 0 Å². The third-order valence-corrected chi connectivity index (χ3v) is 8.80. The van der Waals surface area contributed by atoms with Crippen LogP contribution in [0.4, 0.5) is 0 Å². The molecule has 6 rings (SSSR count). The van der Waals surface area contributed by atoms with E-state index in [-0.39, 0.29) is 45.2 Å². The summed E-state index contributed by atoms with van der Waals surface area (Å²) in [5.74, 6) is 0.915. The normalized spacial score (nSPS) is 10.4. The first-order valence-corrected chi connectivity index (χ1v) is 12.8. The Morgan fingerprint density at radius 1 is 0.541 bits per heavy atom. The molecule has 0 bridgehead atoms. The summed E-state index contributed by atoms with van der Waals surface area (Å²) in [5, 5.41) is 6.35. The van der Waals surface area contributed by atoms with E-state index in [0.29, 0.717) is 0 Å². The number of nitrogens with zero attached hydrogens (tertiary/aromatic N) is 1. The van der Waals surface area contributed by atoms with Gasteiger partial charge in [-0.2, -0.15) is 0 Å². The van der Waals surface area contributed by atoms with Crippen molar-refractivity contribution in [1.82, 2.24) is 4.57 Å². The fourth-order valence-corrected chi connectivity index (χ4v) is 7.37. The monoisotopic (exact) mass is 633 g/mol. The molecule has 0 N–H and O–H groups in total. The molecule has 6 heteroatoms. The van der Waals surface area contributed by atoms with Gasteiger partial charge < -0.3 is 34.1 Å². The maximum Gasteiger partial charge on any atom is 2.00 e. The van der Waals surface area contributed by atoms with Gasteiger partial charge in [0.25, 0.3) is 0 Å². The maximum atomic E-state index is 6.04. The molecule has 0 amide bonds. The van der Waals surface area contributed by atoms with Gasteiger partial charge in [-0.1, -0.05) is 103 Å². The predicted molar refractivity (Wildman–Crippen MR) is 146 cm³/mol. The van der Waals surface area contributed by atoms with Crippen LogP contribution in [0.15, 0.2) is 127 Å². The number of ether oxygens (including phenoxy) is 1. The first-order valence-electron chi connectivity index (χ1n) is 11.4. The van der Waals surface area contributed by atoms with Crippen LogP contribution in [0.2, 0.25) is 0 Å². The molecule has 0 unspecified atom stereocenters. The molecule has 188 valence electrons. The van der Waals surface area contributed by atoms with Crippen molar-refractivity contribution in [3.63, 3.8) is 0 Å². The second kappa shape index (κ2) is 12.8. The molecule has 0 radical (unpaired) electrons. The molecule has 2 nitrogen and oxygen atoms in total. The van der Waals surface area contributed by atoms with Gasteiger partial charge in [-0.25, -0.2) is 0 Å². The molecule has 37 heavy (non-hydrogen) atoms. The quantitative estimate of drug-likeness (QED) is 0.200. The summed E-state index contributed by atoms with van der Waals surface area (Å²) in [5.41, 5.74) is 3.57. The van der Waals surface area contributed by atoms with Crippen LogP contribution in [0, 0.1) is 0 Å². The molecule has 0 saturated carbocycles.